The molecule has 104 valence electrons. The summed E-state index contributed by atoms with van der Waals surface area (Å²) >= 11 is 0. The molecule has 0 N–H and O–H groups in total. The predicted octanol–water partition coefficient (Wildman–Crippen LogP) is 0.949. The van der Waals surface area contributed by atoms with Gasteiger partial charge in [0.2, 0.25) is 0 Å². The first-order valence-electron chi connectivity index (χ1n) is 6.98. The second-order valence-electron chi connectivity index (χ2n) is 6.09. The fourth-order valence-electron chi connectivity index (χ4n) is 3.19. The molecule has 1 fully saturated rings. The predicted molar refractivity (Wildman–Crippen MR) is 74.4 cm³/mol. The first-order valence-corrected chi connectivity index (χ1v) is 6.98. The van der Waals surface area contributed by atoms with E-state index in [1.165, 1.54) is 5.70 Å². The monoisotopic (exact) mass is 262 g/mol. The van der Waals surface area contributed by atoms with Crippen molar-refractivity contribution in [3.63, 3.8) is 0 Å². The average Bonchev–Trinajstić information content (AvgIpc) is 2.65. The molecule has 0 atom stereocenters. The van der Waals surface area contributed by atoms with Crippen LogP contribution in [0.4, 0.5) is 0 Å². The third-order valence-corrected chi connectivity index (χ3v) is 4.44. The Hall–Kier alpha value is -1.52. The summed E-state index contributed by atoms with van der Waals surface area (Å²) in [5.74, 6) is 2.46. The number of nitrogens with zero attached hydrogens (tertiary/aromatic N) is 4. The van der Waals surface area contributed by atoms with Crippen LogP contribution in [-0.2, 0) is 4.79 Å². The number of Topliss-reactive ketones (excluding diaryl/α,β-unsaturated/α-hetero) is 1. The summed E-state index contributed by atoms with van der Waals surface area (Å²) < 4.78 is 0. The second kappa shape index (κ2) is 4.54. The molecule has 0 aromatic carbocycles. The van der Waals surface area contributed by atoms with Crippen molar-refractivity contribution in [2.75, 3.05) is 34.0 Å². The van der Waals surface area contributed by atoms with Crippen molar-refractivity contribution in [3.8, 4) is 0 Å². The lowest BCUT2D eigenvalue weighted by Gasteiger charge is -2.41. The number of fused-ring (bicyclic) bond motifs is 1. The normalized spacial score (nSPS) is 29.7. The summed E-state index contributed by atoms with van der Waals surface area (Å²) in [5.41, 5.74) is 1.22. The first-order chi connectivity index (χ1) is 9.04. The van der Waals surface area contributed by atoms with E-state index in [4.69, 9.17) is 0 Å². The van der Waals surface area contributed by atoms with E-state index in [-0.39, 0.29) is 0 Å². The average molecular weight is 262 g/mol. The van der Waals surface area contributed by atoms with E-state index < -0.39 is 0 Å². The number of rotatable bonds is 3. The van der Waals surface area contributed by atoms with Crippen molar-refractivity contribution < 1.29 is 4.79 Å². The third-order valence-electron chi connectivity index (χ3n) is 4.44. The van der Waals surface area contributed by atoms with E-state index in [9.17, 15) is 4.79 Å². The number of carbonyl (C=O) groups is 1. The Balaban J connectivity index is 1.61. The lowest BCUT2D eigenvalue weighted by atomic mass is 9.73. The van der Waals surface area contributed by atoms with Crippen LogP contribution >= 0.6 is 0 Å². The zero-order valence-corrected chi connectivity index (χ0v) is 12.0. The van der Waals surface area contributed by atoms with Crippen molar-refractivity contribution in [2.24, 2.45) is 16.8 Å². The molecule has 2 heterocycles. The largest absolute Gasteiger partial charge is 0.358 e. The van der Waals surface area contributed by atoms with Gasteiger partial charge in [-0.2, -0.15) is 0 Å². The molecule has 0 aromatic heterocycles. The lowest BCUT2D eigenvalue weighted by Crippen LogP contribution is -2.46. The first kappa shape index (κ1) is 12.5. The molecule has 19 heavy (non-hydrogen) atoms. The Kier molecular flexibility index (Phi) is 2.99. The quantitative estimate of drug-likeness (QED) is 0.759. The van der Waals surface area contributed by atoms with Crippen LogP contribution in [0.1, 0.15) is 19.8 Å². The Morgan fingerprint density at radius 2 is 2.11 bits per heavy atom. The fraction of sp³-hybridized carbons (Fsp3) is 0.714. The Morgan fingerprint density at radius 3 is 2.79 bits per heavy atom. The van der Waals surface area contributed by atoms with Crippen molar-refractivity contribution in [1.29, 1.82) is 0 Å². The number of aliphatic imine (C=N–C) groups is 1. The Morgan fingerprint density at radius 1 is 1.37 bits per heavy atom. The number of ketones is 1. The van der Waals surface area contributed by atoms with Gasteiger partial charge in [0.1, 0.15) is 12.5 Å². The van der Waals surface area contributed by atoms with E-state index >= 15 is 0 Å². The van der Waals surface area contributed by atoms with Crippen LogP contribution in [0.3, 0.4) is 0 Å². The summed E-state index contributed by atoms with van der Waals surface area (Å²) in [5, 5.41) is 0. The third kappa shape index (κ3) is 2.22. The Labute approximate surface area is 114 Å². The van der Waals surface area contributed by atoms with Crippen molar-refractivity contribution in [1.82, 2.24) is 14.7 Å². The van der Waals surface area contributed by atoms with E-state index in [1.807, 2.05) is 0 Å². The van der Waals surface area contributed by atoms with Gasteiger partial charge in [0.15, 0.2) is 5.84 Å². The van der Waals surface area contributed by atoms with Gasteiger partial charge in [0.05, 0.1) is 12.4 Å². The molecule has 1 saturated carbocycles. The summed E-state index contributed by atoms with van der Waals surface area (Å²) in [7, 11) is 4.17. The van der Waals surface area contributed by atoms with Gasteiger partial charge in [-0.1, -0.05) is 0 Å². The van der Waals surface area contributed by atoms with Gasteiger partial charge in [0, 0.05) is 32.8 Å². The second-order valence-corrected chi connectivity index (χ2v) is 6.09. The van der Waals surface area contributed by atoms with Gasteiger partial charge in [-0.3, -0.25) is 4.79 Å². The van der Waals surface area contributed by atoms with Crippen LogP contribution in [0.15, 0.2) is 16.9 Å². The minimum Gasteiger partial charge on any atom is -0.358 e. The molecule has 0 aromatic rings. The molecular formula is C14H22N4O. The highest BCUT2D eigenvalue weighted by Crippen LogP contribution is 2.35. The van der Waals surface area contributed by atoms with E-state index in [2.05, 4.69) is 40.0 Å². The van der Waals surface area contributed by atoms with Gasteiger partial charge in [-0.05, 0) is 25.7 Å². The molecule has 2 aliphatic heterocycles. The van der Waals surface area contributed by atoms with E-state index in [0.29, 0.717) is 17.6 Å². The maximum atomic E-state index is 11.3. The number of hydrogen-bond acceptors (Lipinski definition) is 5. The molecule has 5 heteroatoms. The van der Waals surface area contributed by atoms with Gasteiger partial charge in [0.25, 0.3) is 0 Å². The van der Waals surface area contributed by atoms with Crippen molar-refractivity contribution in [2.45, 2.75) is 19.8 Å². The molecular weight excluding hydrogens is 240 g/mol. The van der Waals surface area contributed by atoms with Crippen molar-refractivity contribution in [3.05, 3.63) is 11.9 Å². The molecule has 0 amide bonds. The fourth-order valence-corrected chi connectivity index (χ4v) is 3.19. The minimum atomic E-state index is 0.325. The smallest absolute Gasteiger partial charge is 0.152 e. The molecule has 0 saturated heterocycles. The van der Waals surface area contributed by atoms with Crippen LogP contribution in [0, 0.1) is 11.8 Å². The van der Waals surface area contributed by atoms with Gasteiger partial charge in [-0.25, -0.2) is 4.99 Å². The summed E-state index contributed by atoms with van der Waals surface area (Å²) in [4.78, 5) is 22.5. The molecule has 0 bridgehead atoms. The topological polar surface area (TPSA) is 39.2 Å². The number of likely N-dealkylation sites (N-methyl/N-ethyl adjacent to an activating group) is 2. The van der Waals surface area contributed by atoms with E-state index in [1.54, 1.807) is 6.92 Å². The number of carbonyl (C=O) groups excluding carboxylic acids is 1. The molecule has 3 aliphatic rings. The maximum absolute atomic E-state index is 11.3. The van der Waals surface area contributed by atoms with Gasteiger partial charge < -0.3 is 14.7 Å². The molecule has 0 spiro atoms. The number of amidine groups is 1. The van der Waals surface area contributed by atoms with Crippen LogP contribution < -0.4 is 0 Å². The molecule has 0 radical (unpaired) electrons. The molecule has 0 unspecified atom stereocenters. The van der Waals surface area contributed by atoms with Crippen LogP contribution in [0.5, 0.6) is 0 Å². The van der Waals surface area contributed by atoms with Crippen LogP contribution in [0.25, 0.3) is 0 Å². The highest BCUT2D eigenvalue weighted by molar-refractivity contribution is 5.99. The maximum Gasteiger partial charge on any atom is 0.152 e. The SMILES string of the molecule is CC(=O)C1CC(CN2C=C3C(=NCN3C)N(C)C2)C1. The van der Waals surface area contributed by atoms with Gasteiger partial charge in [-0.15, -0.1) is 0 Å². The van der Waals surface area contributed by atoms with E-state index in [0.717, 1.165) is 38.6 Å². The zero-order chi connectivity index (χ0) is 13.6. The van der Waals surface area contributed by atoms with Crippen molar-refractivity contribution >= 4 is 11.6 Å². The summed E-state index contributed by atoms with van der Waals surface area (Å²) in [6.45, 7) is 4.43. The summed E-state index contributed by atoms with van der Waals surface area (Å²) in [6.07, 6.45) is 4.36. The molecule has 5 nitrogen and oxygen atoms in total. The molecule has 1 aliphatic carbocycles. The standard InChI is InChI=1S/C14H22N4O/c1-10(19)12-4-11(5-12)6-18-7-13-14(17(3)9-18)15-8-16(13)2/h7,11-12H,4-6,8-9H2,1-3H3. The lowest BCUT2D eigenvalue weighted by molar-refractivity contribution is -0.124. The molecule has 3 rings (SSSR count). The minimum absolute atomic E-state index is 0.325. The number of hydrogen-bond donors (Lipinski definition) is 0. The highest BCUT2D eigenvalue weighted by atomic mass is 16.1. The van der Waals surface area contributed by atoms with Gasteiger partial charge >= 0.3 is 0 Å². The van der Waals surface area contributed by atoms with Crippen LogP contribution in [0.2, 0.25) is 0 Å². The van der Waals surface area contributed by atoms with Crippen LogP contribution in [-0.4, -0.2) is 60.3 Å². The summed E-state index contributed by atoms with van der Waals surface area (Å²) in [6, 6.07) is 0. The Bertz CT molecular complexity index is 450. The highest BCUT2D eigenvalue weighted by Gasteiger charge is 2.35. The zero-order valence-electron chi connectivity index (χ0n) is 12.0.